The Morgan fingerprint density at radius 3 is 3.12 bits per heavy atom. The first-order valence-electron chi connectivity index (χ1n) is 5.17. The summed E-state index contributed by atoms with van der Waals surface area (Å²) in [6.07, 6.45) is 6.63. The van der Waals surface area contributed by atoms with E-state index in [-0.39, 0.29) is 0 Å². The first kappa shape index (κ1) is 12.2. The molecule has 86 valence electrons. The minimum absolute atomic E-state index is 0.318. The average molecular weight is 220 g/mol. The molecule has 0 aliphatic heterocycles. The molecule has 1 N–H and O–H groups in total. The van der Waals surface area contributed by atoms with Gasteiger partial charge in [-0.3, -0.25) is 0 Å². The van der Waals surface area contributed by atoms with Crippen molar-refractivity contribution in [3.8, 4) is 0 Å². The van der Waals surface area contributed by atoms with E-state index in [0.29, 0.717) is 5.69 Å². The molecule has 4 heteroatoms. The Hall–Kier alpha value is -1.84. The number of allylic oxidation sites excluding steroid dienone is 1. The molecule has 0 fully saturated rings. The zero-order valence-electron chi connectivity index (χ0n) is 9.56. The lowest BCUT2D eigenvalue weighted by atomic mass is 10.3. The van der Waals surface area contributed by atoms with Crippen LogP contribution in [-0.4, -0.2) is 24.6 Å². The van der Waals surface area contributed by atoms with Crippen molar-refractivity contribution in [3.05, 3.63) is 36.2 Å². The van der Waals surface area contributed by atoms with Crippen molar-refractivity contribution in [2.75, 3.05) is 19.0 Å². The number of pyridine rings is 1. The van der Waals surface area contributed by atoms with Crippen LogP contribution in [0.15, 0.2) is 30.5 Å². The molecule has 1 aromatic rings. The van der Waals surface area contributed by atoms with Gasteiger partial charge in [-0.05, 0) is 25.5 Å². The Morgan fingerprint density at radius 2 is 2.44 bits per heavy atom. The van der Waals surface area contributed by atoms with Gasteiger partial charge in [0.25, 0.3) is 0 Å². The van der Waals surface area contributed by atoms with Crippen molar-refractivity contribution in [2.24, 2.45) is 0 Å². The zero-order valence-corrected chi connectivity index (χ0v) is 9.56. The van der Waals surface area contributed by atoms with Gasteiger partial charge in [-0.15, -0.1) is 0 Å². The number of hydrogen-bond donors (Lipinski definition) is 1. The molecule has 1 heterocycles. The second kappa shape index (κ2) is 6.61. The van der Waals surface area contributed by atoms with Crippen molar-refractivity contribution in [1.29, 1.82) is 0 Å². The molecule has 0 aliphatic carbocycles. The van der Waals surface area contributed by atoms with Gasteiger partial charge in [0.2, 0.25) is 0 Å². The van der Waals surface area contributed by atoms with Crippen molar-refractivity contribution >= 4 is 11.7 Å². The van der Waals surface area contributed by atoms with Crippen molar-refractivity contribution in [3.63, 3.8) is 0 Å². The van der Waals surface area contributed by atoms with Crippen LogP contribution in [0.3, 0.4) is 0 Å². The van der Waals surface area contributed by atoms with Crippen LogP contribution in [0, 0.1) is 0 Å². The van der Waals surface area contributed by atoms with E-state index < -0.39 is 5.97 Å². The van der Waals surface area contributed by atoms with Crippen LogP contribution < -0.4 is 5.32 Å². The van der Waals surface area contributed by atoms with Crippen LogP contribution in [0.2, 0.25) is 0 Å². The summed E-state index contributed by atoms with van der Waals surface area (Å²) in [5.41, 5.74) is 1.19. The van der Waals surface area contributed by atoms with Gasteiger partial charge in [-0.25, -0.2) is 9.78 Å². The van der Waals surface area contributed by atoms with Gasteiger partial charge in [0.05, 0.1) is 7.11 Å². The van der Waals surface area contributed by atoms with E-state index in [1.807, 2.05) is 19.1 Å². The van der Waals surface area contributed by atoms with Gasteiger partial charge < -0.3 is 10.1 Å². The minimum atomic E-state index is -0.419. The Balaban J connectivity index is 2.57. The summed E-state index contributed by atoms with van der Waals surface area (Å²) in [4.78, 5) is 15.1. The van der Waals surface area contributed by atoms with Crippen LogP contribution in [0.25, 0.3) is 0 Å². The molecular formula is C12H16N2O2. The molecule has 16 heavy (non-hydrogen) atoms. The third kappa shape index (κ3) is 3.73. The SMILES string of the molecule is C/C=C/CCNc1ccnc(C(=O)OC)c1. The summed E-state index contributed by atoms with van der Waals surface area (Å²) in [5.74, 6) is -0.419. The summed E-state index contributed by atoms with van der Waals surface area (Å²) < 4.78 is 4.59. The number of carbonyl (C=O) groups excluding carboxylic acids is 1. The lowest BCUT2D eigenvalue weighted by Crippen LogP contribution is -2.06. The summed E-state index contributed by atoms with van der Waals surface area (Å²) in [5, 5.41) is 3.20. The molecule has 0 radical (unpaired) electrons. The fraction of sp³-hybridized carbons (Fsp3) is 0.333. The number of esters is 1. The number of rotatable bonds is 5. The van der Waals surface area contributed by atoms with Gasteiger partial charge in [0.1, 0.15) is 5.69 Å². The second-order valence-corrected chi connectivity index (χ2v) is 3.21. The van der Waals surface area contributed by atoms with Crippen LogP contribution in [0.5, 0.6) is 0 Å². The topological polar surface area (TPSA) is 51.2 Å². The summed E-state index contributed by atoms with van der Waals surface area (Å²) >= 11 is 0. The predicted octanol–water partition coefficient (Wildman–Crippen LogP) is 2.25. The number of methoxy groups -OCH3 is 1. The molecule has 4 nitrogen and oxygen atoms in total. The molecular weight excluding hydrogens is 204 g/mol. The molecule has 0 amide bonds. The molecule has 0 bridgehead atoms. The maximum Gasteiger partial charge on any atom is 0.356 e. The number of nitrogens with zero attached hydrogens (tertiary/aromatic N) is 1. The van der Waals surface area contributed by atoms with Gasteiger partial charge in [-0.2, -0.15) is 0 Å². The van der Waals surface area contributed by atoms with Gasteiger partial charge >= 0.3 is 5.97 Å². The van der Waals surface area contributed by atoms with Gasteiger partial charge in [0, 0.05) is 18.4 Å². The molecule has 1 rings (SSSR count). The first-order chi connectivity index (χ1) is 7.77. The number of ether oxygens (including phenoxy) is 1. The average Bonchev–Trinajstić information content (AvgIpc) is 2.34. The van der Waals surface area contributed by atoms with Gasteiger partial charge in [-0.1, -0.05) is 12.2 Å². The predicted molar refractivity (Wildman–Crippen MR) is 63.5 cm³/mol. The number of nitrogens with one attached hydrogen (secondary N) is 1. The monoisotopic (exact) mass is 220 g/mol. The number of carbonyl (C=O) groups is 1. The molecule has 0 saturated carbocycles. The quantitative estimate of drug-likeness (QED) is 0.469. The summed E-state index contributed by atoms with van der Waals surface area (Å²) in [7, 11) is 1.34. The van der Waals surface area contributed by atoms with Crippen LogP contribution in [0.1, 0.15) is 23.8 Å². The molecule has 1 aromatic heterocycles. The normalized spacial score (nSPS) is 10.4. The summed E-state index contributed by atoms with van der Waals surface area (Å²) in [6, 6.07) is 3.50. The fourth-order valence-electron chi connectivity index (χ4n) is 1.22. The Kier molecular flexibility index (Phi) is 5.05. The standard InChI is InChI=1S/C12H16N2O2/c1-3-4-5-7-13-10-6-8-14-11(9-10)12(15)16-2/h3-4,6,8-9H,5,7H2,1-2H3,(H,13,14)/b4-3+. The molecule has 0 unspecified atom stereocenters. The van der Waals surface area contributed by atoms with E-state index in [9.17, 15) is 4.79 Å². The van der Waals surface area contributed by atoms with E-state index in [1.165, 1.54) is 7.11 Å². The van der Waals surface area contributed by atoms with Gasteiger partial charge in [0.15, 0.2) is 0 Å². The summed E-state index contributed by atoms with van der Waals surface area (Å²) in [6.45, 7) is 2.82. The maximum atomic E-state index is 11.2. The molecule has 0 aliphatic rings. The highest BCUT2D eigenvalue weighted by atomic mass is 16.5. The number of aromatic nitrogens is 1. The van der Waals surface area contributed by atoms with E-state index in [1.54, 1.807) is 12.3 Å². The highest BCUT2D eigenvalue weighted by Gasteiger charge is 2.06. The van der Waals surface area contributed by atoms with Crippen molar-refractivity contribution < 1.29 is 9.53 Å². The number of anilines is 1. The number of hydrogen-bond acceptors (Lipinski definition) is 4. The maximum absolute atomic E-state index is 11.2. The molecule has 0 saturated heterocycles. The fourth-order valence-corrected chi connectivity index (χ4v) is 1.22. The Labute approximate surface area is 95.3 Å². The van der Waals surface area contributed by atoms with Crippen molar-refractivity contribution in [1.82, 2.24) is 4.98 Å². The minimum Gasteiger partial charge on any atom is -0.464 e. The van der Waals surface area contributed by atoms with Crippen LogP contribution in [-0.2, 0) is 4.74 Å². The van der Waals surface area contributed by atoms with E-state index in [4.69, 9.17) is 0 Å². The molecule has 0 spiro atoms. The molecule has 0 atom stereocenters. The van der Waals surface area contributed by atoms with E-state index in [2.05, 4.69) is 21.1 Å². The second-order valence-electron chi connectivity index (χ2n) is 3.21. The largest absolute Gasteiger partial charge is 0.464 e. The third-order valence-corrected chi connectivity index (χ3v) is 2.03. The third-order valence-electron chi connectivity index (χ3n) is 2.03. The van der Waals surface area contributed by atoms with Crippen LogP contribution in [0.4, 0.5) is 5.69 Å². The van der Waals surface area contributed by atoms with E-state index >= 15 is 0 Å². The van der Waals surface area contributed by atoms with E-state index in [0.717, 1.165) is 18.7 Å². The lowest BCUT2D eigenvalue weighted by Gasteiger charge is -2.05. The molecule has 0 aromatic carbocycles. The Morgan fingerprint density at radius 1 is 1.62 bits per heavy atom. The van der Waals surface area contributed by atoms with Crippen molar-refractivity contribution in [2.45, 2.75) is 13.3 Å². The first-order valence-corrected chi connectivity index (χ1v) is 5.17. The highest BCUT2D eigenvalue weighted by molar-refractivity contribution is 5.88. The van der Waals surface area contributed by atoms with Crippen LogP contribution >= 0.6 is 0 Å². The smallest absolute Gasteiger partial charge is 0.356 e. The lowest BCUT2D eigenvalue weighted by molar-refractivity contribution is 0.0594. The zero-order chi connectivity index (χ0) is 11.8. The Bertz CT molecular complexity index is 375. The highest BCUT2D eigenvalue weighted by Crippen LogP contribution is 2.08.